The van der Waals surface area contributed by atoms with Crippen molar-refractivity contribution in [2.24, 2.45) is 0 Å². The molecule has 1 unspecified atom stereocenters. The van der Waals surface area contributed by atoms with Crippen LogP contribution < -0.4 is 21.3 Å². The number of amides is 3. The summed E-state index contributed by atoms with van der Waals surface area (Å²) in [5, 5.41) is 12.2. The lowest BCUT2D eigenvalue weighted by molar-refractivity contribution is -0.127. The fourth-order valence-electron chi connectivity index (χ4n) is 3.74. The van der Waals surface area contributed by atoms with Gasteiger partial charge in [0.25, 0.3) is 0 Å². The lowest BCUT2D eigenvalue weighted by Gasteiger charge is -2.29. The highest BCUT2D eigenvalue weighted by atomic mass is 16.2. The zero-order chi connectivity index (χ0) is 17.5. The molecule has 6 heteroatoms. The van der Waals surface area contributed by atoms with Gasteiger partial charge < -0.3 is 21.3 Å². The summed E-state index contributed by atoms with van der Waals surface area (Å²) in [4.78, 5) is 25.1. The number of hydrogen-bond acceptors (Lipinski definition) is 3. The molecule has 0 bridgehead atoms. The van der Waals surface area contributed by atoms with Crippen LogP contribution >= 0.6 is 0 Å². The van der Waals surface area contributed by atoms with Crippen molar-refractivity contribution >= 4 is 11.9 Å². The highest BCUT2D eigenvalue weighted by molar-refractivity contribution is 5.91. The zero-order valence-electron chi connectivity index (χ0n) is 14.6. The van der Waals surface area contributed by atoms with Crippen LogP contribution in [0.4, 0.5) is 4.79 Å². The summed E-state index contributed by atoms with van der Waals surface area (Å²) in [6, 6.07) is 9.84. The minimum Gasteiger partial charge on any atom is -0.352 e. The van der Waals surface area contributed by atoms with E-state index in [0.717, 1.165) is 37.8 Å². The van der Waals surface area contributed by atoms with E-state index >= 15 is 0 Å². The number of hydrogen-bond donors (Lipinski definition) is 4. The lowest BCUT2D eigenvalue weighted by Crippen LogP contribution is -2.60. The standard InChI is InChI=1S/C19H28N4O2/c24-17(21-14-16-9-6-12-20-16)19(10-4-5-11-19)23-18(25)22-13-15-7-2-1-3-8-15/h1-3,7-8,16,20H,4-6,9-14H2,(H,21,24)(H2,22,23,25). The van der Waals surface area contributed by atoms with Crippen molar-refractivity contribution in [2.45, 2.75) is 56.7 Å². The van der Waals surface area contributed by atoms with E-state index in [2.05, 4.69) is 21.3 Å². The number of nitrogens with one attached hydrogen (secondary N) is 4. The average Bonchev–Trinajstić information content (AvgIpc) is 3.31. The predicted molar refractivity (Wildman–Crippen MR) is 97.0 cm³/mol. The molecule has 3 rings (SSSR count). The van der Waals surface area contributed by atoms with Crippen LogP contribution in [0.1, 0.15) is 44.1 Å². The van der Waals surface area contributed by atoms with Crippen LogP contribution in [0, 0.1) is 0 Å². The molecule has 1 aliphatic heterocycles. The Kier molecular flexibility index (Phi) is 5.91. The van der Waals surface area contributed by atoms with Gasteiger partial charge in [0, 0.05) is 19.1 Å². The Morgan fingerprint density at radius 2 is 1.84 bits per heavy atom. The molecule has 25 heavy (non-hydrogen) atoms. The van der Waals surface area contributed by atoms with Crippen LogP contribution in [0.5, 0.6) is 0 Å². The van der Waals surface area contributed by atoms with E-state index in [9.17, 15) is 9.59 Å². The first-order chi connectivity index (χ1) is 12.2. The summed E-state index contributed by atoms with van der Waals surface area (Å²) in [6.45, 7) is 2.11. The van der Waals surface area contributed by atoms with Gasteiger partial charge in [-0.15, -0.1) is 0 Å². The summed E-state index contributed by atoms with van der Waals surface area (Å²) in [6.07, 6.45) is 5.59. The number of urea groups is 1. The van der Waals surface area contributed by atoms with Crippen LogP contribution in [0.2, 0.25) is 0 Å². The fraction of sp³-hybridized carbons (Fsp3) is 0.579. The highest BCUT2D eigenvalue weighted by Gasteiger charge is 2.42. The van der Waals surface area contributed by atoms with Gasteiger partial charge in [-0.3, -0.25) is 4.79 Å². The molecule has 1 aromatic rings. The van der Waals surface area contributed by atoms with Gasteiger partial charge in [-0.25, -0.2) is 4.79 Å². The monoisotopic (exact) mass is 344 g/mol. The molecule has 2 fully saturated rings. The minimum atomic E-state index is -0.765. The molecule has 1 saturated carbocycles. The second kappa shape index (κ2) is 8.34. The van der Waals surface area contributed by atoms with E-state index in [1.807, 2.05) is 30.3 Å². The smallest absolute Gasteiger partial charge is 0.315 e. The van der Waals surface area contributed by atoms with Crippen LogP contribution in [0.3, 0.4) is 0 Å². The van der Waals surface area contributed by atoms with Gasteiger partial charge in [-0.1, -0.05) is 43.2 Å². The van der Waals surface area contributed by atoms with E-state index < -0.39 is 5.54 Å². The van der Waals surface area contributed by atoms with Crippen molar-refractivity contribution in [2.75, 3.05) is 13.1 Å². The van der Waals surface area contributed by atoms with Crippen LogP contribution in [-0.4, -0.2) is 36.6 Å². The molecule has 1 saturated heterocycles. The third-order valence-corrected chi connectivity index (χ3v) is 5.21. The van der Waals surface area contributed by atoms with E-state index in [1.54, 1.807) is 0 Å². The number of carbonyl (C=O) groups is 2. The maximum atomic E-state index is 12.8. The van der Waals surface area contributed by atoms with Gasteiger partial charge in [0.1, 0.15) is 5.54 Å². The molecule has 0 spiro atoms. The van der Waals surface area contributed by atoms with Crippen molar-refractivity contribution < 1.29 is 9.59 Å². The Bertz CT molecular complexity index is 578. The molecule has 3 amide bonds. The first-order valence-corrected chi connectivity index (χ1v) is 9.30. The third-order valence-electron chi connectivity index (χ3n) is 5.21. The summed E-state index contributed by atoms with van der Waals surface area (Å²) in [7, 11) is 0. The van der Waals surface area contributed by atoms with Crippen LogP contribution in [0.15, 0.2) is 30.3 Å². The maximum Gasteiger partial charge on any atom is 0.315 e. The van der Waals surface area contributed by atoms with Gasteiger partial charge >= 0.3 is 6.03 Å². The topological polar surface area (TPSA) is 82.3 Å². The molecule has 0 aromatic heterocycles. The molecule has 1 aromatic carbocycles. The fourth-order valence-corrected chi connectivity index (χ4v) is 3.74. The molecular formula is C19H28N4O2. The van der Waals surface area contributed by atoms with E-state index in [0.29, 0.717) is 32.0 Å². The molecular weight excluding hydrogens is 316 g/mol. The number of benzene rings is 1. The van der Waals surface area contributed by atoms with Crippen molar-refractivity contribution in [1.82, 2.24) is 21.3 Å². The SMILES string of the molecule is O=C(NCc1ccccc1)NC1(C(=O)NCC2CCCN2)CCCC1. The zero-order valence-corrected chi connectivity index (χ0v) is 14.6. The summed E-state index contributed by atoms with van der Waals surface area (Å²) >= 11 is 0. The predicted octanol–water partition coefficient (Wildman–Crippen LogP) is 1.67. The van der Waals surface area contributed by atoms with Crippen molar-refractivity contribution in [3.63, 3.8) is 0 Å². The van der Waals surface area contributed by atoms with E-state index in [-0.39, 0.29) is 11.9 Å². The maximum absolute atomic E-state index is 12.8. The molecule has 0 radical (unpaired) electrons. The minimum absolute atomic E-state index is 0.0476. The summed E-state index contributed by atoms with van der Waals surface area (Å²) in [5.41, 5.74) is 0.272. The molecule has 2 aliphatic rings. The Morgan fingerprint density at radius 3 is 2.52 bits per heavy atom. The Balaban J connectivity index is 1.52. The number of carbonyl (C=O) groups excluding carboxylic acids is 2. The molecule has 1 atom stereocenters. The Hall–Kier alpha value is -2.08. The second-order valence-electron chi connectivity index (χ2n) is 7.09. The van der Waals surface area contributed by atoms with Gasteiger partial charge in [0.15, 0.2) is 0 Å². The van der Waals surface area contributed by atoms with E-state index in [4.69, 9.17) is 0 Å². The molecule has 6 nitrogen and oxygen atoms in total. The van der Waals surface area contributed by atoms with Gasteiger partial charge in [0.2, 0.25) is 5.91 Å². The Labute approximate surface area is 149 Å². The average molecular weight is 344 g/mol. The van der Waals surface area contributed by atoms with Gasteiger partial charge in [-0.05, 0) is 37.8 Å². The number of rotatable bonds is 6. The van der Waals surface area contributed by atoms with Crippen molar-refractivity contribution in [3.05, 3.63) is 35.9 Å². The quantitative estimate of drug-likeness (QED) is 0.633. The van der Waals surface area contributed by atoms with Crippen molar-refractivity contribution in [1.29, 1.82) is 0 Å². The second-order valence-corrected chi connectivity index (χ2v) is 7.09. The first-order valence-electron chi connectivity index (χ1n) is 9.30. The van der Waals surface area contributed by atoms with Crippen LogP contribution in [0.25, 0.3) is 0 Å². The largest absolute Gasteiger partial charge is 0.352 e. The Morgan fingerprint density at radius 1 is 1.08 bits per heavy atom. The van der Waals surface area contributed by atoms with Crippen LogP contribution in [-0.2, 0) is 11.3 Å². The molecule has 4 N–H and O–H groups in total. The lowest BCUT2D eigenvalue weighted by atomic mass is 9.96. The summed E-state index contributed by atoms with van der Waals surface area (Å²) in [5.74, 6) is -0.0476. The van der Waals surface area contributed by atoms with Gasteiger partial charge in [-0.2, -0.15) is 0 Å². The molecule has 1 heterocycles. The normalized spacial score (nSPS) is 21.7. The molecule has 1 aliphatic carbocycles. The van der Waals surface area contributed by atoms with Crippen molar-refractivity contribution in [3.8, 4) is 0 Å². The molecule has 136 valence electrons. The third kappa shape index (κ3) is 4.72. The highest BCUT2D eigenvalue weighted by Crippen LogP contribution is 2.30. The first kappa shape index (κ1) is 17.7. The van der Waals surface area contributed by atoms with Gasteiger partial charge in [0.05, 0.1) is 0 Å². The van der Waals surface area contributed by atoms with E-state index in [1.165, 1.54) is 0 Å². The summed E-state index contributed by atoms with van der Waals surface area (Å²) < 4.78 is 0.